The second-order valence-corrected chi connectivity index (χ2v) is 31.1. The number of anilines is 12. The van der Waals surface area contributed by atoms with Crippen LogP contribution in [0.25, 0.3) is 45.6 Å². The summed E-state index contributed by atoms with van der Waals surface area (Å²) in [6, 6.07) is 23.8. The van der Waals surface area contributed by atoms with Crippen molar-refractivity contribution in [2.24, 2.45) is 28.2 Å². The van der Waals surface area contributed by atoms with E-state index in [1.807, 2.05) is 89.2 Å². The van der Waals surface area contributed by atoms with Gasteiger partial charge in [-0.15, -0.1) is 0 Å². The summed E-state index contributed by atoms with van der Waals surface area (Å²) in [5, 5.41) is 52.5. The summed E-state index contributed by atoms with van der Waals surface area (Å²) in [5.41, 5.74) is 7.77. The van der Waals surface area contributed by atoms with Crippen molar-refractivity contribution in [1.29, 1.82) is 0 Å². The molecule has 14 rings (SSSR count). The zero-order valence-corrected chi connectivity index (χ0v) is 75.4. The molecule has 9 aromatic heterocycles. The van der Waals surface area contributed by atoms with Gasteiger partial charge in [-0.2, -0.15) is 20.4 Å². The Hall–Kier alpha value is -15.9. The summed E-state index contributed by atoms with van der Waals surface area (Å²) in [6.07, 6.45) is 20.1. The molecule has 130 heavy (non-hydrogen) atoms. The first kappa shape index (κ1) is 94.8. The highest BCUT2D eigenvalue weighted by Crippen LogP contribution is 2.42. The highest BCUT2D eigenvalue weighted by molar-refractivity contribution is 6.06. The third-order valence-corrected chi connectivity index (χ3v) is 19.5. The molecule has 12 N–H and O–H groups in total. The maximum Gasteiger partial charge on any atom is 0.320 e. The Morgan fingerprint density at radius 3 is 0.969 bits per heavy atom. The average molecular weight is 1780 g/mol. The molecule has 0 aliphatic heterocycles. The van der Waals surface area contributed by atoms with Gasteiger partial charge in [0.15, 0.2) is 75.2 Å². The van der Waals surface area contributed by atoms with Crippen LogP contribution in [-0.4, -0.2) is 183 Å². The molecule has 12 aromatic rings. The number of nitrogens with zero attached hydrogens (tertiary/aromatic N) is 17. The van der Waals surface area contributed by atoms with Crippen molar-refractivity contribution in [3.63, 3.8) is 0 Å². The van der Waals surface area contributed by atoms with Crippen LogP contribution in [0.3, 0.4) is 0 Å². The van der Waals surface area contributed by atoms with E-state index >= 15 is 0 Å². The van der Waals surface area contributed by atoms with Crippen molar-refractivity contribution in [1.82, 2.24) is 105 Å². The number of ether oxygens (including phenoxy) is 4. The Kier molecular flexibility index (Phi) is 32.0. The number of urea groups is 4. The van der Waals surface area contributed by atoms with Crippen LogP contribution in [0.5, 0.6) is 23.0 Å². The fourth-order valence-corrected chi connectivity index (χ4v) is 12.9. The standard InChI is InChI=1S/C23H27N7O3.C22H28N8O3.C22H25N7O3.C22H27N7O3/c1-4-19(31)16-12-24-20(28-23(32)26-14-7-5-8-14)11-18(16)27-17-10-6-9-15(21(17)33-3)22-25-13-30(2)29-22;1-7-16(31)14-11-24-17(27-21(32)28-22(2,3)4)10-15(14)26-20-18(33-6)13(8-9-23-20)19-25-12-30(5)29-19;1-4-18(30)15-11-23-19(27-22(31)25-13-8-9-13)10-17(15)26-16-7-5-6-14(20(16)32-3)21-24-12-29(2)28-21;1-6-18(30)15-11-23-19(27-22(31)25-13(2)3)10-17(15)26-16-9-7-8-14(20(16)32-5)21-24-12-29(4)28-21/h6,9-14H,4-5,7-8H2,1-3H3,(H3,24,26,27,28,32);8-12H,7H2,1-6H3,(H3,23,24,26,27,28,32);5-7,10-13H,4,8-9H2,1-3H3,(H3,23,25,26,27,31);7-13H,6H2,1-5H3,(H3,23,25,26,27,31). The molecule has 3 aromatic carbocycles. The number of hydrogen-bond acceptors (Lipinski definition) is 29. The lowest BCUT2D eigenvalue weighted by atomic mass is 9.93. The highest BCUT2D eigenvalue weighted by atomic mass is 16.5. The molecule has 0 spiro atoms. The average Bonchev–Trinajstić information content (AvgIpc) is 1.30. The van der Waals surface area contributed by atoms with Crippen molar-refractivity contribution in [2.75, 3.05) is 71.0 Å². The van der Waals surface area contributed by atoms with Gasteiger partial charge in [0.2, 0.25) is 0 Å². The number of aromatic nitrogens is 17. The maximum atomic E-state index is 12.6. The fourth-order valence-electron chi connectivity index (χ4n) is 12.9. The lowest BCUT2D eigenvalue weighted by molar-refractivity contribution is 0.0980. The molecule has 0 bridgehead atoms. The number of carbonyl (C=O) groups is 8. The zero-order chi connectivity index (χ0) is 93.5. The van der Waals surface area contributed by atoms with Gasteiger partial charge < -0.3 is 61.5 Å². The smallest absolute Gasteiger partial charge is 0.320 e. The molecule has 9 heterocycles. The number of benzene rings is 3. The Labute approximate surface area is 750 Å². The number of ketones is 4. The van der Waals surface area contributed by atoms with Crippen LogP contribution in [0.4, 0.5) is 88.1 Å². The summed E-state index contributed by atoms with van der Waals surface area (Å²) in [7, 11) is 13.3. The summed E-state index contributed by atoms with van der Waals surface area (Å²) >= 11 is 0. The molecular weight excluding hydrogens is 1670 g/mol. The summed E-state index contributed by atoms with van der Waals surface area (Å²) in [6.45, 7) is 16.5. The number of carbonyl (C=O) groups excluding carboxylic acids is 8. The van der Waals surface area contributed by atoms with Gasteiger partial charge in [-0.3, -0.25) is 59.2 Å². The minimum absolute atomic E-state index is 0.0271. The minimum Gasteiger partial charge on any atom is -0.494 e. The Morgan fingerprint density at radius 1 is 0.385 bits per heavy atom. The van der Waals surface area contributed by atoms with Gasteiger partial charge in [0.25, 0.3) is 0 Å². The Bertz CT molecular complexity index is 5890. The first-order valence-corrected chi connectivity index (χ1v) is 41.9. The molecule has 2 saturated carbocycles. The first-order chi connectivity index (χ1) is 62.4. The van der Waals surface area contributed by atoms with Crippen LogP contribution in [0, 0.1) is 0 Å². The topological polar surface area (TPSA) is 505 Å². The van der Waals surface area contributed by atoms with Crippen LogP contribution >= 0.6 is 0 Å². The highest BCUT2D eigenvalue weighted by Gasteiger charge is 2.28. The lowest BCUT2D eigenvalue weighted by Crippen LogP contribution is -2.43. The van der Waals surface area contributed by atoms with Crippen LogP contribution in [0.2, 0.25) is 0 Å². The molecule has 680 valence electrons. The van der Waals surface area contributed by atoms with Crippen LogP contribution in [0.1, 0.15) is 162 Å². The molecule has 0 saturated heterocycles. The van der Waals surface area contributed by atoms with Gasteiger partial charge in [0, 0.05) is 133 Å². The SMILES string of the molecule is CCC(=O)c1cnc(NC(=O)NC(C)(C)C)cc1Nc1nccc(-c2ncn(C)n2)c1OC.CCC(=O)c1cnc(NC(=O)NC(C)C)cc1Nc1cccc(-c2ncn(C)n2)c1OC.CCC(=O)c1cnc(NC(=O)NC2CC2)cc1Nc1cccc(-c2ncn(C)n2)c1OC.CCC(=O)c1cnc(NC(=O)NC2CCC2)cc1Nc1cccc(-c2ncn(C)n2)c1OC. The van der Waals surface area contributed by atoms with E-state index in [0.29, 0.717) is 173 Å². The van der Waals surface area contributed by atoms with E-state index in [2.05, 4.69) is 129 Å². The van der Waals surface area contributed by atoms with E-state index in [1.54, 1.807) is 158 Å². The number of Topliss-reactive ketones (excluding diaryl/α,β-unsaturated/α-hetero) is 4. The van der Waals surface area contributed by atoms with Gasteiger partial charge >= 0.3 is 24.1 Å². The van der Waals surface area contributed by atoms with Crippen molar-refractivity contribution in [3.05, 3.63) is 163 Å². The predicted octanol–water partition coefficient (Wildman–Crippen LogP) is 14.7. The van der Waals surface area contributed by atoms with Crippen molar-refractivity contribution in [2.45, 2.75) is 144 Å². The van der Waals surface area contributed by atoms with Crippen LogP contribution in [-0.2, 0) is 28.2 Å². The van der Waals surface area contributed by atoms with Crippen molar-refractivity contribution in [3.8, 4) is 68.5 Å². The summed E-state index contributed by atoms with van der Waals surface area (Å²) in [5.74, 6) is 5.30. The van der Waals surface area contributed by atoms with Crippen LogP contribution in [0.15, 0.2) is 141 Å². The number of hydrogen-bond donors (Lipinski definition) is 12. The van der Waals surface area contributed by atoms with Crippen molar-refractivity contribution >= 4 is 116 Å². The molecular formula is C89H107N29O12. The minimum atomic E-state index is -0.416. The maximum absolute atomic E-state index is 12.6. The van der Waals surface area contributed by atoms with Crippen molar-refractivity contribution < 1.29 is 57.3 Å². The second kappa shape index (κ2) is 43.8. The molecule has 41 nitrogen and oxygen atoms in total. The van der Waals surface area contributed by atoms with Gasteiger partial charge in [0.05, 0.1) is 113 Å². The van der Waals surface area contributed by atoms with Gasteiger partial charge in [0.1, 0.15) is 48.6 Å². The largest absolute Gasteiger partial charge is 0.494 e. The third-order valence-electron chi connectivity index (χ3n) is 19.5. The molecule has 0 radical (unpaired) electrons. The number of rotatable bonds is 31. The zero-order valence-electron chi connectivity index (χ0n) is 75.4. The third kappa shape index (κ3) is 25.3. The first-order valence-electron chi connectivity index (χ1n) is 41.9. The summed E-state index contributed by atoms with van der Waals surface area (Å²) < 4.78 is 29.0. The monoisotopic (exact) mass is 1770 g/mol. The van der Waals surface area contributed by atoms with Gasteiger partial charge in [-0.25, -0.2) is 64.0 Å². The van der Waals surface area contributed by atoms with E-state index in [0.717, 1.165) is 32.1 Å². The molecule has 2 aliphatic rings. The lowest BCUT2D eigenvalue weighted by Gasteiger charge is -2.26. The number of pyridine rings is 5. The quantitative estimate of drug-likeness (QED) is 0.0180. The molecule has 8 amide bonds. The van der Waals surface area contributed by atoms with Gasteiger partial charge in [-0.05, 0) is 109 Å². The molecule has 0 unspecified atom stereocenters. The van der Waals surface area contributed by atoms with E-state index in [1.165, 1.54) is 31.9 Å². The Morgan fingerprint density at radius 2 is 0.692 bits per heavy atom. The number of amides is 8. The molecule has 2 aliphatic carbocycles. The second-order valence-electron chi connectivity index (χ2n) is 31.1. The number of nitrogens with one attached hydrogen (secondary N) is 12. The molecule has 0 atom stereocenters. The fraction of sp³-hybridized carbons (Fsp3) is 0.337. The van der Waals surface area contributed by atoms with E-state index in [-0.39, 0.29) is 71.6 Å². The predicted molar refractivity (Wildman–Crippen MR) is 492 cm³/mol. The Balaban J connectivity index is 0.000000168. The number of methoxy groups -OCH3 is 4. The van der Waals surface area contributed by atoms with E-state index < -0.39 is 11.6 Å². The number of aryl methyl sites for hydroxylation is 4. The van der Waals surface area contributed by atoms with E-state index in [9.17, 15) is 38.4 Å². The molecule has 41 heteroatoms. The molecule has 2 fully saturated rings. The normalized spacial score (nSPS) is 12.0. The van der Waals surface area contributed by atoms with Gasteiger partial charge in [-0.1, -0.05) is 45.9 Å². The summed E-state index contributed by atoms with van der Waals surface area (Å²) in [4.78, 5) is 137. The van der Waals surface area contributed by atoms with E-state index in [4.69, 9.17) is 18.9 Å². The number of para-hydroxylation sites is 3. The van der Waals surface area contributed by atoms with Crippen LogP contribution < -0.4 is 82.7 Å².